The minimum absolute atomic E-state index is 0.292. The molecule has 1 aliphatic rings. The second-order valence-electron chi connectivity index (χ2n) is 2.88. The number of hydrogen-bond donors (Lipinski definition) is 2. The molecule has 2 rings (SSSR count). The number of rotatable bonds is 3. The Morgan fingerprint density at radius 2 is 2.21 bits per heavy atom. The van der Waals surface area contributed by atoms with Crippen LogP contribution in [-0.2, 0) is 0 Å². The van der Waals surface area contributed by atoms with Crippen molar-refractivity contribution in [2.45, 2.75) is 0 Å². The van der Waals surface area contributed by atoms with Crippen molar-refractivity contribution in [1.29, 1.82) is 0 Å². The summed E-state index contributed by atoms with van der Waals surface area (Å²) >= 11 is 0. The van der Waals surface area contributed by atoms with Crippen LogP contribution in [0.3, 0.4) is 0 Å². The Bertz CT molecular complexity index is 349. The lowest BCUT2D eigenvalue weighted by Gasteiger charge is -1.97. The standard InChI is InChI=1S/C10H11NO3/c12-11-5-1-2-8-3-4-9-10(6-8)14-7-13-9/h1-4,6,11-12H,5,7H2. The molecule has 0 aromatic heterocycles. The predicted molar refractivity (Wildman–Crippen MR) is 51.4 cm³/mol. The van der Waals surface area contributed by atoms with Gasteiger partial charge in [-0.05, 0) is 17.7 Å². The number of ether oxygens (including phenoxy) is 2. The van der Waals surface area contributed by atoms with Crippen LogP contribution in [0.2, 0.25) is 0 Å². The molecule has 0 saturated heterocycles. The second-order valence-corrected chi connectivity index (χ2v) is 2.88. The minimum atomic E-state index is 0.292. The number of hydrogen-bond acceptors (Lipinski definition) is 4. The van der Waals surface area contributed by atoms with E-state index < -0.39 is 0 Å². The van der Waals surface area contributed by atoms with Crippen LogP contribution in [0.1, 0.15) is 5.56 Å². The molecular formula is C10H11NO3. The van der Waals surface area contributed by atoms with Crippen molar-refractivity contribution < 1.29 is 14.7 Å². The van der Waals surface area contributed by atoms with Crippen LogP contribution in [-0.4, -0.2) is 18.5 Å². The Morgan fingerprint density at radius 1 is 1.36 bits per heavy atom. The molecule has 1 heterocycles. The summed E-state index contributed by atoms with van der Waals surface area (Å²) in [6.07, 6.45) is 3.71. The van der Waals surface area contributed by atoms with E-state index in [0.717, 1.165) is 17.1 Å². The summed E-state index contributed by atoms with van der Waals surface area (Å²) in [5.41, 5.74) is 3.07. The van der Waals surface area contributed by atoms with E-state index in [2.05, 4.69) is 0 Å². The first-order chi connectivity index (χ1) is 6.90. The van der Waals surface area contributed by atoms with Crippen LogP contribution < -0.4 is 15.0 Å². The minimum Gasteiger partial charge on any atom is -0.454 e. The van der Waals surface area contributed by atoms with Crippen molar-refractivity contribution in [3.05, 3.63) is 29.8 Å². The summed E-state index contributed by atoms with van der Waals surface area (Å²) in [7, 11) is 0. The van der Waals surface area contributed by atoms with E-state index in [-0.39, 0.29) is 0 Å². The van der Waals surface area contributed by atoms with Crippen molar-refractivity contribution >= 4 is 6.08 Å². The van der Waals surface area contributed by atoms with Crippen molar-refractivity contribution in [2.75, 3.05) is 13.3 Å². The highest BCUT2D eigenvalue weighted by atomic mass is 16.7. The molecule has 74 valence electrons. The Balaban J connectivity index is 2.12. The van der Waals surface area contributed by atoms with Crippen LogP contribution >= 0.6 is 0 Å². The molecule has 1 aliphatic heterocycles. The lowest BCUT2D eigenvalue weighted by Crippen LogP contribution is -2.04. The predicted octanol–water partition coefficient (Wildman–Crippen LogP) is 1.41. The van der Waals surface area contributed by atoms with Gasteiger partial charge in [0.1, 0.15) is 0 Å². The summed E-state index contributed by atoms with van der Waals surface area (Å²) in [6, 6.07) is 5.70. The van der Waals surface area contributed by atoms with E-state index in [9.17, 15) is 0 Å². The number of nitrogens with one attached hydrogen (secondary N) is 1. The lowest BCUT2D eigenvalue weighted by atomic mass is 10.2. The highest BCUT2D eigenvalue weighted by Crippen LogP contribution is 2.32. The van der Waals surface area contributed by atoms with Gasteiger partial charge in [0.15, 0.2) is 11.5 Å². The van der Waals surface area contributed by atoms with Crippen molar-refractivity contribution in [3.8, 4) is 11.5 Å². The Hall–Kier alpha value is -1.52. The maximum absolute atomic E-state index is 8.35. The number of benzene rings is 1. The van der Waals surface area contributed by atoms with Gasteiger partial charge in [-0.1, -0.05) is 18.2 Å². The van der Waals surface area contributed by atoms with E-state index in [0.29, 0.717) is 13.3 Å². The largest absolute Gasteiger partial charge is 0.454 e. The third-order valence-corrected chi connectivity index (χ3v) is 1.92. The monoisotopic (exact) mass is 193 g/mol. The third-order valence-electron chi connectivity index (χ3n) is 1.92. The van der Waals surface area contributed by atoms with Gasteiger partial charge >= 0.3 is 0 Å². The van der Waals surface area contributed by atoms with Gasteiger partial charge in [0.2, 0.25) is 6.79 Å². The van der Waals surface area contributed by atoms with Gasteiger partial charge in [-0.2, -0.15) is 0 Å². The van der Waals surface area contributed by atoms with Crippen LogP contribution in [0, 0.1) is 0 Å². The Morgan fingerprint density at radius 3 is 3.07 bits per heavy atom. The Kier molecular flexibility index (Phi) is 2.67. The van der Waals surface area contributed by atoms with Crippen LogP contribution in [0.15, 0.2) is 24.3 Å². The van der Waals surface area contributed by atoms with Gasteiger partial charge < -0.3 is 14.7 Å². The molecule has 0 atom stereocenters. The van der Waals surface area contributed by atoms with Gasteiger partial charge in [-0.25, -0.2) is 5.48 Å². The number of fused-ring (bicyclic) bond motifs is 1. The lowest BCUT2D eigenvalue weighted by molar-refractivity contribution is 0.174. The molecule has 0 unspecified atom stereocenters. The third kappa shape index (κ3) is 1.86. The number of hydroxylamine groups is 1. The summed E-state index contributed by atoms with van der Waals surface area (Å²) in [4.78, 5) is 0. The van der Waals surface area contributed by atoms with E-state index in [4.69, 9.17) is 14.7 Å². The van der Waals surface area contributed by atoms with E-state index in [1.54, 1.807) is 0 Å². The molecule has 0 aliphatic carbocycles. The van der Waals surface area contributed by atoms with Crippen molar-refractivity contribution in [3.63, 3.8) is 0 Å². The summed E-state index contributed by atoms with van der Waals surface area (Å²) in [5.74, 6) is 1.55. The normalized spacial score (nSPS) is 13.8. The average Bonchev–Trinajstić information content (AvgIpc) is 2.65. The molecule has 0 bridgehead atoms. The molecule has 0 saturated carbocycles. The average molecular weight is 193 g/mol. The Labute approximate surface area is 81.7 Å². The fourth-order valence-corrected chi connectivity index (χ4v) is 1.26. The molecule has 2 N–H and O–H groups in total. The zero-order valence-corrected chi connectivity index (χ0v) is 7.56. The van der Waals surface area contributed by atoms with E-state index in [1.165, 1.54) is 0 Å². The SMILES string of the molecule is ONCC=Cc1ccc2c(c1)OCO2. The zero-order chi connectivity index (χ0) is 9.80. The highest BCUT2D eigenvalue weighted by Gasteiger charge is 2.11. The van der Waals surface area contributed by atoms with Crippen LogP contribution in [0.25, 0.3) is 6.08 Å². The summed E-state index contributed by atoms with van der Waals surface area (Å²) in [6.45, 7) is 0.717. The van der Waals surface area contributed by atoms with Crippen LogP contribution in [0.5, 0.6) is 11.5 Å². The fourth-order valence-electron chi connectivity index (χ4n) is 1.26. The topological polar surface area (TPSA) is 50.7 Å². The second kappa shape index (κ2) is 4.13. The first kappa shape index (κ1) is 9.05. The van der Waals surface area contributed by atoms with Crippen molar-refractivity contribution in [2.24, 2.45) is 0 Å². The van der Waals surface area contributed by atoms with Gasteiger partial charge in [0.25, 0.3) is 0 Å². The molecule has 14 heavy (non-hydrogen) atoms. The van der Waals surface area contributed by atoms with Gasteiger partial charge in [-0.15, -0.1) is 0 Å². The maximum atomic E-state index is 8.35. The van der Waals surface area contributed by atoms with Crippen LogP contribution in [0.4, 0.5) is 0 Å². The molecule has 1 aromatic carbocycles. The smallest absolute Gasteiger partial charge is 0.231 e. The molecule has 0 radical (unpaired) electrons. The highest BCUT2D eigenvalue weighted by molar-refractivity contribution is 5.56. The first-order valence-electron chi connectivity index (χ1n) is 4.33. The molecule has 0 amide bonds. The van der Waals surface area contributed by atoms with E-state index in [1.807, 2.05) is 35.8 Å². The first-order valence-corrected chi connectivity index (χ1v) is 4.33. The zero-order valence-electron chi connectivity index (χ0n) is 7.56. The molecule has 1 aromatic rings. The molecule has 0 fully saturated rings. The molecule has 0 spiro atoms. The van der Waals surface area contributed by atoms with E-state index >= 15 is 0 Å². The van der Waals surface area contributed by atoms with Crippen molar-refractivity contribution in [1.82, 2.24) is 5.48 Å². The molecular weight excluding hydrogens is 182 g/mol. The quantitative estimate of drug-likeness (QED) is 0.712. The van der Waals surface area contributed by atoms with Gasteiger partial charge in [0, 0.05) is 6.54 Å². The molecule has 4 nitrogen and oxygen atoms in total. The van der Waals surface area contributed by atoms with Gasteiger partial charge in [0.05, 0.1) is 0 Å². The fraction of sp³-hybridized carbons (Fsp3) is 0.200. The van der Waals surface area contributed by atoms with Gasteiger partial charge in [-0.3, -0.25) is 0 Å². The summed E-state index contributed by atoms with van der Waals surface area (Å²) < 4.78 is 10.4. The molecule has 4 heteroatoms. The maximum Gasteiger partial charge on any atom is 0.231 e. The summed E-state index contributed by atoms with van der Waals surface area (Å²) in [5, 5.41) is 8.35.